The molecule has 2 aromatic carbocycles. The normalized spacial score (nSPS) is 19.9. The van der Waals surface area contributed by atoms with Crippen molar-refractivity contribution in [3.63, 3.8) is 0 Å². The number of Topliss-reactive ketones (excluding diaryl/α,β-unsaturated/α-hetero) is 1. The van der Waals surface area contributed by atoms with Crippen LogP contribution in [-0.2, 0) is 0 Å². The second kappa shape index (κ2) is 13.3. The van der Waals surface area contributed by atoms with E-state index in [0.29, 0.717) is 17.0 Å². The number of hydrogen-bond acceptors (Lipinski definition) is 6. The van der Waals surface area contributed by atoms with Crippen molar-refractivity contribution >= 4 is 58.8 Å². The van der Waals surface area contributed by atoms with Gasteiger partial charge >= 0.3 is 0 Å². The molecule has 0 amide bonds. The van der Waals surface area contributed by atoms with Crippen LogP contribution in [0.3, 0.4) is 0 Å². The summed E-state index contributed by atoms with van der Waals surface area (Å²) in [4.78, 5) is 19.6. The van der Waals surface area contributed by atoms with Crippen LogP contribution in [0.5, 0.6) is 5.75 Å². The Morgan fingerprint density at radius 1 is 1.13 bits per heavy atom. The van der Waals surface area contributed by atoms with Gasteiger partial charge < -0.3 is 20.6 Å². The molecule has 38 heavy (non-hydrogen) atoms. The van der Waals surface area contributed by atoms with E-state index < -0.39 is 11.6 Å². The number of pyridine rings is 1. The fourth-order valence-electron chi connectivity index (χ4n) is 5.48. The van der Waals surface area contributed by atoms with E-state index in [2.05, 4.69) is 20.5 Å². The molecule has 6 nitrogen and oxygen atoms in total. The minimum Gasteiger partial charge on any atom is -0.504 e. The third kappa shape index (κ3) is 6.69. The average molecular weight is 584 g/mol. The number of phenolic OH excluding ortho intramolecular Hbond substituents is 1. The van der Waals surface area contributed by atoms with Crippen LogP contribution in [0.2, 0.25) is 5.02 Å². The number of halogens is 4. The molecule has 0 unspecified atom stereocenters. The van der Waals surface area contributed by atoms with Crippen molar-refractivity contribution in [1.29, 1.82) is 0 Å². The van der Waals surface area contributed by atoms with Crippen molar-refractivity contribution < 1.29 is 14.3 Å². The molecule has 0 bridgehead atoms. The van der Waals surface area contributed by atoms with Gasteiger partial charge in [-0.1, -0.05) is 17.7 Å². The summed E-state index contributed by atoms with van der Waals surface area (Å²) in [7, 11) is 0. The van der Waals surface area contributed by atoms with Gasteiger partial charge in [-0.25, -0.2) is 4.39 Å². The Balaban J connectivity index is 0.00000200. The van der Waals surface area contributed by atoms with Crippen LogP contribution >= 0.6 is 36.4 Å². The van der Waals surface area contributed by atoms with Crippen LogP contribution in [0.15, 0.2) is 36.5 Å². The molecule has 10 heteroatoms. The minimum absolute atomic E-state index is 0. The maximum Gasteiger partial charge on any atom is 0.170 e. The van der Waals surface area contributed by atoms with Gasteiger partial charge in [0.2, 0.25) is 0 Å². The molecule has 5 rings (SSSR count). The number of carbonyl (C=O) groups excluding carboxylic acids is 1. The molecule has 206 valence electrons. The number of nitrogens with one attached hydrogen (secondary N) is 2. The van der Waals surface area contributed by atoms with Crippen LogP contribution in [0, 0.1) is 11.7 Å². The van der Waals surface area contributed by atoms with Gasteiger partial charge in [0.15, 0.2) is 17.3 Å². The Morgan fingerprint density at radius 2 is 1.84 bits per heavy atom. The van der Waals surface area contributed by atoms with E-state index in [4.69, 9.17) is 11.6 Å². The van der Waals surface area contributed by atoms with Crippen molar-refractivity contribution in [1.82, 2.24) is 15.2 Å². The summed E-state index contributed by atoms with van der Waals surface area (Å²) in [6.07, 6.45) is 6.07. The number of rotatable bonds is 6. The third-order valence-corrected chi connectivity index (χ3v) is 7.81. The zero-order chi connectivity index (χ0) is 25.2. The molecular formula is C28H34Cl3FN4O2. The van der Waals surface area contributed by atoms with Crippen molar-refractivity contribution in [3.8, 4) is 16.9 Å². The summed E-state index contributed by atoms with van der Waals surface area (Å²) in [5.41, 5.74) is 3.37. The number of aromatic hydroxyl groups is 1. The molecule has 3 N–H and O–H groups in total. The highest BCUT2D eigenvalue weighted by molar-refractivity contribution is 6.32. The van der Waals surface area contributed by atoms with Crippen molar-refractivity contribution in [2.24, 2.45) is 5.92 Å². The zero-order valence-corrected chi connectivity index (χ0v) is 23.7. The lowest BCUT2D eigenvalue weighted by molar-refractivity contribution is 0.101. The Labute approximate surface area is 240 Å². The molecule has 0 radical (unpaired) electrons. The van der Waals surface area contributed by atoms with Gasteiger partial charge in [-0.05, 0) is 73.9 Å². The predicted molar refractivity (Wildman–Crippen MR) is 157 cm³/mol. The van der Waals surface area contributed by atoms with E-state index in [0.717, 1.165) is 74.0 Å². The lowest BCUT2D eigenvalue weighted by atomic mass is 9.85. The molecule has 3 aromatic rings. The number of benzene rings is 2. The topological polar surface area (TPSA) is 77.5 Å². The first-order chi connectivity index (χ1) is 17.4. The van der Waals surface area contributed by atoms with E-state index in [1.165, 1.54) is 18.7 Å². The summed E-state index contributed by atoms with van der Waals surface area (Å²) in [5.74, 6) is -0.674. The predicted octanol–water partition coefficient (Wildman–Crippen LogP) is 6.32. The molecule has 1 aliphatic heterocycles. The van der Waals surface area contributed by atoms with E-state index in [-0.39, 0.29) is 41.7 Å². The van der Waals surface area contributed by atoms with Gasteiger partial charge in [-0.2, -0.15) is 0 Å². The molecule has 1 aliphatic carbocycles. The molecule has 0 spiro atoms. The van der Waals surface area contributed by atoms with Gasteiger partial charge in [0.05, 0.1) is 21.8 Å². The van der Waals surface area contributed by atoms with Crippen LogP contribution in [-0.4, -0.2) is 59.5 Å². The van der Waals surface area contributed by atoms with Gasteiger partial charge in [-0.3, -0.25) is 9.78 Å². The first-order valence-electron chi connectivity index (χ1n) is 12.7. The second-order valence-corrected chi connectivity index (χ2v) is 10.4. The summed E-state index contributed by atoms with van der Waals surface area (Å²) < 4.78 is 14.2. The highest BCUT2D eigenvalue weighted by Gasteiger charge is 2.25. The van der Waals surface area contributed by atoms with Gasteiger partial charge in [0.1, 0.15) is 0 Å². The van der Waals surface area contributed by atoms with Crippen LogP contribution in [0.1, 0.15) is 43.0 Å². The molecule has 0 atom stereocenters. The average Bonchev–Trinajstić information content (AvgIpc) is 2.88. The SMILES string of the molecule is CC(=O)c1cnc2ccc(-c3cc(F)c(O)c(Cl)c3)cc2c1N[C@H]1CC[C@H](CN2CCNCC2)CC1.Cl.Cl. The Hall–Kier alpha value is -2.16. The molecule has 1 aromatic heterocycles. The minimum atomic E-state index is -0.774. The van der Waals surface area contributed by atoms with Gasteiger partial charge in [0.25, 0.3) is 0 Å². The summed E-state index contributed by atoms with van der Waals surface area (Å²) in [5, 5.41) is 17.6. The van der Waals surface area contributed by atoms with Gasteiger partial charge in [-0.15, -0.1) is 24.8 Å². The highest BCUT2D eigenvalue weighted by atomic mass is 35.5. The molecular weight excluding hydrogens is 550 g/mol. The first-order valence-corrected chi connectivity index (χ1v) is 13.1. The monoisotopic (exact) mass is 582 g/mol. The number of ketones is 1. The zero-order valence-electron chi connectivity index (χ0n) is 21.3. The third-order valence-electron chi connectivity index (χ3n) is 7.52. The Kier molecular flexibility index (Phi) is 10.6. The molecule has 2 heterocycles. The van der Waals surface area contributed by atoms with Gasteiger partial charge in [0, 0.05) is 50.3 Å². The van der Waals surface area contributed by atoms with E-state index >= 15 is 0 Å². The summed E-state index contributed by atoms with van der Waals surface area (Å²) >= 11 is 6.02. The fourth-order valence-corrected chi connectivity index (χ4v) is 5.69. The van der Waals surface area contributed by atoms with Crippen LogP contribution in [0.4, 0.5) is 10.1 Å². The largest absolute Gasteiger partial charge is 0.504 e. The number of phenols is 1. The van der Waals surface area contributed by atoms with Crippen molar-refractivity contribution in [3.05, 3.63) is 52.9 Å². The number of fused-ring (bicyclic) bond motifs is 1. The highest BCUT2D eigenvalue weighted by Crippen LogP contribution is 2.36. The molecule has 1 saturated carbocycles. The molecule has 1 saturated heterocycles. The van der Waals surface area contributed by atoms with Crippen LogP contribution < -0.4 is 10.6 Å². The van der Waals surface area contributed by atoms with E-state index in [9.17, 15) is 14.3 Å². The molecule has 2 aliphatic rings. The lowest BCUT2D eigenvalue weighted by Gasteiger charge is -2.35. The Bertz CT molecular complexity index is 1260. The number of carbonyl (C=O) groups is 1. The Morgan fingerprint density at radius 3 is 2.50 bits per heavy atom. The quantitative estimate of drug-likeness (QED) is 0.295. The maximum absolute atomic E-state index is 14.2. The summed E-state index contributed by atoms with van der Waals surface area (Å²) in [6, 6.07) is 8.69. The van der Waals surface area contributed by atoms with E-state index in [1.807, 2.05) is 18.2 Å². The van der Waals surface area contributed by atoms with E-state index in [1.54, 1.807) is 13.1 Å². The van der Waals surface area contributed by atoms with Crippen LogP contribution in [0.25, 0.3) is 22.0 Å². The standard InChI is InChI=1S/C28H32ClFN4O2.2ClH/c1-17(35)23-15-32-26-7-4-19(20-13-24(29)28(36)25(30)14-20)12-22(26)27(23)33-21-5-2-18(3-6-21)16-34-10-8-31-9-11-34;;/h4,7,12-15,18,21,31,36H,2-3,5-6,8-11,16H2,1H3,(H,32,33);2*1H/t18-,21-;;. The maximum atomic E-state index is 14.2. The number of hydrogen-bond donors (Lipinski definition) is 3. The number of nitrogens with zero attached hydrogens (tertiary/aromatic N) is 2. The lowest BCUT2D eigenvalue weighted by Crippen LogP contribution is -2.45. The van der Waals surface area contributed by atoms with Crippen molar-refractivity contribution in [2.45, 2.75) is 38.6 Å². The fraction of sp³-hybridized carbons (Fsp3) is 0.429. The van der Waals surface area contributed by atoms with Crippen molar-refractivity contribution in [2.75, 3.05) is 38.0 Å². The summed E-state index contributed by atoms with van der Waals surface area (Å²) in [6.45, 7) is 7.12. The smallest absolute Gasteiger partial charge is 0.170 e. The second-order valence-electron chi connectivity index (χ2n) is 10.0. The number of anilines is 1. The first kappa shape index (κ1) is 30.4. The number of piperazine rings is 1. The molecule has 2 fully saturated rings. The number of aromatic nitrogens is 1.